The van der Waals surface area contributed by atoms with E-state index in [0.29, 0.717) is 0 Å². The maximum Gasteiger partial charge on any atom is 0.178 e. The van der Waals surface area contributed by atoms with E-state index in [0.717, 1.165) is 9.75 Å². The predicted octanol–water partition coefficient (Wildman–Crippen LogP) is 4.11. The quantitative estimate of drug-likeness (QED) is 0.742. The molecular formula is C13H10OS2. The van der Waals surface area contributed by atoms with E-state index in [2.05, 4.69) is 0 Å². The van der Waals surface area contributed by atoms with Gasteiger partial charge in [-0.25, -0.2) is 0 Å². The Hall–Kier alpha value is -1.45. The van der Waals surface area contributed by atoms with Crippen molar-refractivity contribution in [2.24, 2.45) is 0 Å². The van der Waals surface area contributed by atoms with Crippen LogP contribution >= 0.6 is 22.7 Å². The van der Waals surface area contributed by atoms with Gasteiger partial charge in [0, 0.05) is 9.75 Å². The Morgan fingerprint density at radius 1 is 0.938 bits per heavy atom. The van der Waals surface area contributed by atoms with Crippen LogP contribution in [-0.2, 0) is 4.79 Å². The van der Waals surface area contributed by atoms with Crippen LogP contribution in [0.1, 0.15) is 9.75 Å². The molecule has 0 saturated carbocycles. The lowest BCUT2D eigenvalue weighted by atomic mass is 10.3. The first-order chi connectivity index (χ1) is 7.84. The molecule has 1 nitrogen and oxygen atoms in total. The molecule has 0 saturated heterocycles. The zero-order valence-corrected chi connectivity index (χ0v) is 10.1. The molecule has 80 valence electrons. The van der Waals surface area contributed by atoms with E-state index in [1.54, 1.807) is 34.8 Å². The second-order valence-corrected chi connectivity index (χ2v) is 5.06. The molecule has 0 aliphatic heterocycles. The molecule has 0 atom stereocenters. The summed E-state index contributed by atoms with van der Waals surface area (Å²) >= 11 is 3.24. The van der Waals surface area contributed by atoms with Crippen LogP contribution in [0.5, 0.6) is 0 Å². The van der Waals surface area contributed by atoms with Crippen molar-refractivity contribution in [1.82, 2.24) is 0 Å². The van der Waals surface area contributed by atoms with E-state index < -0.39 is 0 Å². The Labute approximate surface area is 102 Å². The van der Waals surface area contributed by atoms with E-state index in [9.17, 15) is 4.79 Å². The van der Waals surface area contributed by atoms with E-state index in [1.807, 2.05) is 47.2 Å². The molecule has 0 amide bonds. The maximum atomic E-state index is 11.5. The number of thiophene rings is 2. The molecule has 0 aliphatic carbocycles. The third kappa shape index (κ3) is 3.29. The fourth-order valence-corrected chi connectivity index (χ4v) is 2.39. The van der Waals surface area contributed by atoms with E-state index in [-0.39, 0.29) is 5.78 Å². The Balaban J connectivity index is 1.94. The van der Waals surface area contributed by atoms with E-state index in [4.69, 9.17) is 0 Å². The zero-order chi connectivity index (χ0) is 11.2. The van der Waals surface area contributed by atoms with Crippen molar-refractivity contribution >= 4 is 40.6 Å². The highest BCUT2D eigenvalue weighted by Gasteiger charge is 1.91. The van der Waals surface area contributed by atoms with Crippen LogP contribution in [-0.4, -0.2) is 5.78 Å². The van der Waals surface area contributed by atoms with Gasteiger partial charge >= 0.3 is 0 Å². The molecule has 0 N–H and O–H groups in total. The number of rotatable bonds is 4. The lowest BCUT2D eigenvalue weighted by Crippen LogP contribution is -1.83. The Kier molecular flexibility index (Phi) is 3.86. The summed E-state index contributed by atoms with van der Waals surface area (Å²) in [5.74, 6) is 0.0156. The van der Waals surface area contributed by atoms with Crippen LogP contribution in [0.4, 0.5) is 0 Å². The summed E-state index contributed by atoms with van der Waals surface area (Å²) in [6.07, 6.45) is 6.86. The first-order valence-corrected chi connectivity index (χ1v) is 6.58. The van der Waals surface area contributed by atoms with Gasteiger partial charge in [0.15, 0.2) is 5.78 Å². The lowest BCUT2D eigenvalue weighted by Gasteiger charge is -1.84. The summed E-state index contributed by atoms with van der Waals surface area (Å²) in [5, 5.41) is 3.98. The van der Waals surface area contributed by atoms with Crippen LogP contribution in [0.25, 0.3) is 12.2 Å². The Morgan fingerprint density at radius 3 is 1.81 bits per heavy atom. The molecule has 0 unspecified atom stereocenters. The van der Waals surface area contributed by atoms with Gasteiger partial charge in [-0.1, -0.05) is 12.1 Å². The molecule has 2 heterocycles. The van der Waals surface area contributed by atoms with Crippen molar-refractivity contribution in [2.75, 3.05) is 0 Å². The predicted molar refractivity (Wildman–Crippen MR) is 71.7 cm³/mol. The van der Waals surface area contributed by atoms with E-state index >= 15 is 0 Å². The highest BCUT2D eigenvalue weighted by Crippen LogP contribution is 2.12. The SMILES string of the molecule is O=C(/C=C\c1cccs1)/C=C/c1cccs1. The molecule has 2 aromatic rings. The lowest BCUT2D eigenvalue weighted by molar-refractivity contribution is -0.110. The topological polar surface area (TPSA) is 17.1 Å². The van der Waals surface area contributed by atoms with Crippen molar-refractivity contribution in [3.63, 3.8) is 0 Å². The van der Waals surface area contributed by atoms with Gasteiger partial charge in [-0.05, 0) is 47.2 Å². The average Bonchev–Trinajstić information content (AvgIpc) is 2.96. The highest BCUT2D eigenvalue weighted by atomic mass is 32.1. The Morgan fingerprint density at radius 2 is 1.44 bits per heavy atom. The van der Waals surface area contributed by atoms with Crippen molar-refractivity contribution < 1.29 is 4.79 Å². The molecule has 0 aliphatic rings. The van der Waals surface area contributed by atoms with Gasteiger partial charge in [0.25, 0.3) is 0 Å². The largest absolute Gasteiger partial charge is 0.290 e. The first-order valence-electron chi connectivity index (χ1n) is 4.82. The summed E-state index contributed by atoms with van der Waals surface area (Å²) in [5.41, 5.74) is 0. The van der Waals surface area contributed by atoms with Gasteiger partial charge < -0.3 is 0 Å². The third-order valence-electron chi connectivity index (χ3n) is 1.91. The van der Waals surface area contributed by atoms with Crippen LogP contribution < -0.4 is 0 Å². The minimum absolute atomic E-state index is 0.0156. The zero-order valence-electron chi connectivity index (χ0n) is 8.50. The fourth-order valence-electron chi connectivity index (χ4n) is 1.16. The van der Waals surface area contributed by atoms with Gasteiger partial charge in [-0.2, -0.15) is 0 Å². The molecule has 0 fully saturated rings. The molecule has 0 aromatic carbocycles. The summed E-state index contributed by atoms with van der Waals surface area (Å²) < 4.78 is 0. The second-order valence-electron chi connectivity index (χ2n) is 3.10. The van der Waals surface area contributed by atoms with E-state index in [1.165, 1.54) is 0 Å². The summed E-state index contributed by atoms with van der Waals surface area (Å²) in [6.45, 7) is 0. The summed E-state index contributed by atoms with van der Waals surface area (Å²) in [4.78, 5) is 13.7. The van der Waals surface area contributed by atoms with Gasteiger partial charge in [0.2, 0.25) is 0 Å². The monoisotopic (exact) mass is 246 g/mol. The van der Waals surface area contributed by atoms with Gasteiger partial charge in [0.05, 0.1) is 0 Å². The van der Waals surface area contributed by atoms with Crippen molar-refractivity contribution in [1.29, 1.82) is 0 Å². The Bertz CT molecular complexity index is 444. The normalized spacial score (nSPS) is 11.5. The summed E-state index contributed by atoms with van der Waals surface area (Å²) in [6, 6.07) is 7.90. The van der Waals surface area contributed by atoms with Crippen LogP contribution in [0, 0.1) is 0 Å². The molecule has 16 heavy (non-hydrogen) atoms. The van der Waals surface area contributed by atoms with Crippen molar-refractivity contribution in [3.8, 4) is 0 Å². The standard InChI is InChI=1S/C13H10OS2/c14-11(5-7-12-3-1-9-15-12)6-8-13-4-2-10-16-13/h1-10H/b7-5-,8-6+. The highest BCUT2D eigenvalue weighted by molar-refractivity contribution is 7.11. The van der Waals surface area contributed by atoms with Crippen LogP contribution in [0.15, 0.2) is 47.2 Å². The number of allylic oxidation sites excluding steroid dienone is 2. The van der Waals surface area contributed by atoms with Crippen molar-refractivity contribution in [3.05, 3.63) is 56.9 Å². The van der Waals surface area contributed by atoms with Crippen LogP contribution in [0.2, 0.25) is 0 Å². The molecule has 0 spiro atoms. The number of ketones is 1. The van der Waals surface area contributed by atoms with Gasteiger partial charge in [-0.3, -0.25) is 4.79 Å². The molecule has 2 aromatic heterocycles. The number of carbonyl (C=O) groups excluding carboxylic acids is 1. The van der Waals surface area contributed by atoms with Crippen molar-refractivity contribution in [2.45, 2.75) is 0 Å². The maximum absolute atomic E-state index is 11.5. The fraction of sp³-hybridized carbons (Fsp3) is 0. The second kappa shape index (κ2) is 5.58. The number of hydrogen-bond donors (Lipinski definition) is 0. The van der Waals surface area contributed by atoms with Gasteiger partial charge in [-0.15, -0.1) is 22.7 Å². The number of hydrogen-bond acceptors (Lipinski definition) is 3. The molecule has 0 bridgehead atoms. The molecule has 0 radical (unpaired) electrons. The molecule has 3 heteroatoms. The summed E-state index contributed by atoms with van der Waals surface area (Å²) in [7, 11) is 0. The van der Waals surface area contributed by atoms with Crippen LogP contribution in [0.3, 0.4) is 0 Å². The van der Waals surface area contributed by atoms with Gasteiger partial charge in [0.1, 0.15) is 0 Å². The minimum atomic E-state index is 0.0156. The molecular weight excluding hydrogens is 236 g/mol. The third-order valence-corrected chi connectivity index (χ3v) is 3.59. The smallest absolute Gasteiger partial charge is 0.178 e. The first kappa shape index (κ1) is 11.0. The molecule has 2 rings (SSSR count). The minimum Gasteiger partial charge on any atom is -0.290 e. The number of carbonyl (C=O) groups is 1. The average molecular weight is 246 g/mol.